The summed E-state index contributed by atoms with van der Waals surface area (Å²) in [7, 11) is 3.08. The van der Waals surface area contributed by atoms with Crippen molar-refractivity contribution in [3.63, 3.8) is 0 Å². The van der Waals surface area contributed by atoms with Crippen molar-refractivity contribution >= 4 is 18.0 Å². The van der Waals surface area contributed by atoms with Gasteiger partial charge < -0.3 is 24.3 Å². The van der Waals surface area contributed by atoms with E-state index in [0.29, 0.717) is 34.1 Å². The fourth-order valence-corrected chi connectivity index (χ4v) is 2.44. The summed E-state index contributed by atoms with van der Waals surface area (Å²) in [6.07, 6.45) is 1.44. The molecule has 0 atom stereocenters. The average molecular weight is 385 g/mol. The second-order valence-electron chi connectivity index (χ2n) is 5.65. The normalized spacial score (nSPS) is 11.9. The van der Waals surface area contributed by atoms with Crippen LogP contribution in [0.15, 0.2) is 41.5 Å². The lowest BCUT2D eigenvalue weighted by Gasteiger charge is -2.07. The fourth-order valence-electron chi connectivity index (χ4n) is 2.44. The number of rotatable bonds is 7. The Bertz CT molecular complexity index is 913. The molecule has 2 N–H and O–H groups in total. The van der Waals surface area contributed by atoms with Crippen LogP contribution in [0.25, 0.3) is 0 Å². The predicted molar refractivity (Wildman–Crippen MR) is 100 cm³/mol. The maximum atomic E-state index is 12.1. The Morgan fingerprint density at radius 1 is 1.11 bits per heavy atom. The van der Waals surface area contributed by atoms with E-state index in [0.717, 1.165) is 0 Å². The summed E-state index contributed by atoms with van der Waals surface area (Å²) in [6.45, 7) is -0.107. The number of carbonyl (C=O) groups excluding carboxylic acids is 2. The topological polar surface area (TPSA) is 107 Å². The van der Waals surface area contributed by atoms with E-state index < -0.39 is 11.8 Å². The highest BCUT2D eigenvalue weighted by Crippen LogP contribution is 2.32. The summed E-state index contributed by atoms with van der Waals surface area (Å²) in [5.74, 6) is 1.39. The number of benzene rings is 2. The van der Waals surface area contributed by atoms with Crippen molar-refractivity contribution in [2.45, 2.75) is 0 Å². The number of hydrazone groups is 1. The molecule has 3 rings (SSSR count). The second kappa shape index (κ2) is 8.76. The number of carbonyl (C=O) groups is 2. The zero-order valence-electron chi connectivity index (χ0n) is 15.4. The quantitative estimate of drug-likeness (QED) is 0.550. The van der Waals surface area contributed by atoms with Crippen LogP contribution >= 0.6 is 0 Å². The van der Waals surface area contributed by atoms with Gasteiger partial charge in [0, 0.05) is 17.2 Å². The largest absolute Gasteiger partial charge is 0.497 e. The molecule has 0 bridgehead atoms. The number of amides is 2. The Morgan fingerprint density at radius 2 is 1.93 bits per heavy atom. The lowest BCUT2D eigenvalue weighted by molar-refractivity contribution is -0.120. The van der Waals surface area contributed by atoms with Crippen LogP contribution < -0.4 is 29.7 Å². The predicted octanol–water partition coefficient (Wildman–Crippen LogP) is 1.31. The maximum Gasteiger partial charge on any atom is 0.259 e. The van der Waals surface area contributed by atoms with Gasteiger partial charge in [-0.25, -0.2) is 5.43 Å². The summed E-state index contributed by atoms with van der Waals surface area (Å²) in [5, 5.41) is 6.38. The van der Waals surface area contributed by atoms with Crippen LogP contribution in [0.2, 0.25) is 0 Å². The molecule has 2 amide bonds. The molecule has 146 valence electrons. The van der Waals surface area contributed by atoms with Crippen LogP contribution in [0.3, 0.4) is 0 Å². The standard InChI is InChI=1S/C19H19N3O6/c1-25-14-5-3-13(16(8-14)26-2)9-21-22-18(23)10-20-19(24)12-4-6-15-17(7-12)28-11-27-15/h3-9H,10-11H2,1-2H3,(H,20,24)(H,22,23)/b21-9-. The van der Waals surface area contributed by atoms with E-state index >= 15 is 0 Å². The minimum atomic E-state index is -0.474. The third kappa shape index (κ3) is 4.50. The minimum absolute atomic E-state index is 0.125. The van der Waals surface area contributed by atoms with E-state index in [4.69, 9.17) is 18.9 Å². The van der Waals surface area contributed by atoms with Crippen molar-refractivity contribution in [1.29, 1.82) is 0 Å². The molecule has 0 aliphatic carbocycles. The highest BCUT2D eigenvalue weighted by molar-refractivity contribution is 5.97. The third-order valence-electron chi connectivity index (χ3n) is 3.88. The van der Waals surface area contributed by atoms with E-state index in [1.807, 2.05) is 0 Å². The molecule has 0 unspecified atom stereocenters. The van der Waals surface area contributed by atoms with Gasteiger partial charge in [-0.3, -0.25) is 9.59 Å². The molecule has 0 saturated carbocycles. The Balaban J connectivity index is 1.50. The molecule has 28 heavy (non-hydrogen) atoms. The van der Waals surface area contributed by atoms with Gasteiger partial charge in [0.15, 0.2) is 11.5 Å². The molecule has 0 fully saturated rings. The summed E-state index contributed by atoms with van der Waals surface area (Å²) >= 11 is 0. The summed E-state index contributed by atoms with van der Waals surface area (Å²) in [4.78, 5) is 24.0. The molecule has 1 heterocycles. The molecular weight excluding hydrogens is 366 g/mol. The molecule has 0 aromatic heterocycles. The first kappa shape index (κ1) is 19.0. The van der Waals surface area contributed by atoms with E-state index in [1.165, 1.54) is 13.3 Å². The van der Waals surface area contributed by atoms with Gasteiger partial charge in [0.05, 0.1) is 27.0 Å². The van der Waals surface area contributed by atoms with Crippen molar-refractivity contribution in [2.75, 3.05) is 27.6 Å². The molecule has 1 aliphatic rings. The van der Waals surface area contributed by atoms with E-state index in [-0.39, 0.29) is 13.3 Å². The summed E-state index contributed by atoms with van der Waals surface area (Å²) in [5.41, 5.74) is 3.37. The Labute approximate surface area is 161 Å². The van der Waals surface area contributed by atoms with Crippen LogP contribution in [0, 0.1) is 0 Å². The molecule has 9 nitrogen and oxygen atoms in total. The zero-order chi connectivity index (χ0) is 19.9. The van der Waals surface area contributed by atoms with Crippen LogP contribution in [-0.2, 0) is 4.79 Å². The van der Waals surface area contributed by atoms with Gasteiger partial charge in [0.1, 0.15) is 11.5 Å². The lowest BCUT2D eigenvalue weighted by atomic mass is 10.2. The molecule has 0 spiro atoms. The molecule has 2 aromatic rings. The number of hydrogen-bond acceptors (Lipinski definition) is 7. The molecule has 0 radical (unpaired) electrons. The second-order valence-corrected chi connectivity index (χ2v) is 5.65. The van der Waals surface area contributed by atoms with Crippen LogP contribution in [0.5, 0.6) is 23.0 Å². The first-order valence-electron chi connectivity index (χ1n) is 8.32. The molecular formula is C19H19N3O6. The van der Waals surface area contributed by atoms with Crippen LogP contribution in [0.4, 0.5) is 0 Å². The highest BCUT2D eigenvalue weighted by atomic mass is 16.7. The van der Waals surface area contributed by atoms with E-state index in [2.05, 4.69) is 15.8 Å². The highest BCUT2D eigenvalue weighted by Gasteiger charge is 2.16. The zero-order valence-corrected chi connectivity index (χ0v) is 15.4. The van der Waals surface area contributed by atoms with Crippen molar-refractivity contribution in [1.82, 2.24) is 10.7 Å². The summed E-state index contributed by atoms with van der Waals surface area (Å²) < 4.78 is 20.8. The SMILES string of the molecule is COc1ccc(/C=N\NC(=O)CNC(=O)c2ccc3c(c2)OCO3)c(OC)c1. The maximum absolute atomic E-state index is 12.1. The molecule has 1 aliphatic heterocycles. The van der Waals surface area contributed by atoms with E-state index in [9.17, 15) is 9.59 Å². The lowest BCUT2D eigenvalue weighted by Crippen LogP contribution is -2.34. The third-order valence-corrected chi connectivity index (χ3v) is 3.88. The van der Waals surface area contributed by atoms with Crippen LogP contribution in [-0.4, -0.2) is 45.6 Å². The molecule has 2 aromatic carbocycles. The monoisotopic (exact) mass is 385 g/mol. The van der Waals surface area contributed by atoms with Gasteiger partial charge in [-0.2, -0.15) is 5.10 Å². The fraction of sp³-hybridized carbons (Fsp3) is 0.211. The first-order chi connectivity index (χ1) is 13.6. The average Bonchev–Trinajstić information content (AvgIpc) is 3.20. The smallest absolute Gasteiger partial charge is 0.259 e. The summed E-state index contributed by atoms with van der Waals surface area (Å²) in [6, 6.07) is 9.99. The minimum Gasteiger partial charge on any atom is -0.497 e. The Kier molecular flexibility index (Phi) is 5.95. The number of hydrogen-bond donors (Lipinski definition) is 2. The Hall–Kier alpha value is -3.75. The number of ether oxygens (including phenoxy) is 4. The van der Waals surface area contributed by atoms with Crippen molar-refractivity contribution in [3.05, 3.63) is 47.5 Å². The van der Waals surface area contributed by atoms with E-state index in [1.54, 1.807) is 43.5 Å². The molecule has 9 heteroatoms. The van der Waals surface area contributed by atoms with Gasteiger partial charge in [-0.1, -0.05) is 0 Å². The van der Waals surface area contributed by atoms with Crippen molar-refractivity contribution in [3.8, 4) is 23.0 Å². The molecule has 0 saturated heterocycles. The van der Waals surface area contributed by atoms with Crippen LogP contribution in [0.1, 0.15) is 15.9 Å². The van der Waals surface area contributed by atoms with Crippen molar-refractivity contribution < 1.29 is 28.5 Å². The Morgan fingerprint density at radius 3 is 2.71 bits per heavy atom. The number of nitrogens with one attached hydrogen (secondary N) is 2. The first-order valence-corrected chi connectivity index (χ1v) is 8.32. The number of fused-ring (bicyclic) bond motifs is 1. The van der Waals surface area contributed by atoms with Crippen molar-refractivity contribution in [2.24, 2.45) is 5.10 Å². The van der Waals surface area contributed by atoms with Gasteiger partial charge in [0.25, 0.3) is 11.8 Å². The number of nitrogens with zero attached hydrogens (tertiary/aromatic N) is 1. The van der Waals surface area contributed by atoms with Gasteiger partial charge in [0.2, 0.25) is 6.79 Å². The number of methoxy groups -OCH3 is 2. The van der Waals surface area contributed by atoms with Gasteiger partial charge in [-0.15, -0.1) is 0 Å². The van der Waals surface area contributed by atoms with Gasteiger partial charge >= 0.3 is 0 Å². The van der Waals surface area contributed by atoms with Gasteiger partial charge in [-0.05, 0) is 30.3 Å².